The van der Waals surface area contributed by atoms with Crippen LogP contribution < -0.4 is 5.32 Å². The summed E-state index contributed by atoms with van der Waals surface area (Å²) in [7, 11) is 0. The first-order valence-electron chi connectivity index (χ1n) is 6.30. The van der Waals surface area contributed by atoms with E-state index in [1.807, 2.05) is 30.5 Å². The Labute approximate surface area is 116 Å². The van der Waals surface area contributed by atoms with Gasteiger partial charge < -0.3 is 5.32 Å². The quantitative estimate of drug-likeness (QED) is 0.787. The van der Waals surface area contributed by atoms with Gasteiger partial charge in [0.2, 0.25) is 0 Å². The maximum atomic E-state index is 4.61. The molecular formula is C15H15N3S. The zero-order valence-corrected chi connectivity index (χ0v) is 11.5. The van der Waals surface area contributed by atoms with E-state index in [9.17, 15) is 0 Å². The van der Waals surface area contributed by atoms with Crippen LogP contribution in [0.25, 0.3) is 11.0 Å². The third kappa shape index (κ3) is 2.80. The minimum Gasteiger partial charge on any atom is -0.304 e. The summed E-state index contributed by atoms with van der Waals surface area (Å²) in [6.07, 6.45) is 1.84. The highest BCUT2D eigenvalue weighted by molar-refractivity contribution is 7.10. The van der Waals surface area contributed by atoms with E-state index < -0.39 is 0 Å². The van der Waals surface area contributed by atoms with Gasteiger partial charge in [0, 0.05) is 17.5 Å². The van der Waals surface area contributed by atoms with E-state index in [1.165, 1.54) is 4.88 Å². The van der Waals surface area contributed by atoms with Gasteiger partial charge in [0.15, 0.2) is 0 Å². The maximum absolute atomic E-state index is 4.61. The number of benzene rings is 1. The molecule has 1 N–H and O–H groups in total. The standard InChI is InChI=1S/C15H15N3S/c1-11(15-7-4-8-19-15)16-9-12-10-17-13-5-2-3-6-14(13)18-12/h2-8,10-11,16H,9H2,1H3/t11-/m1/s1. The Hall–Kier alpha value is -1.78. The van der Waals surface area contributed by atoms with E-state index in [2.05, 4.69) is 39.7 Å². The third-order valence-electron chi connectivity index (χ3n) is 3.06. The molecule has 0 aliphatic rings. The van der Waals surface area contributed by atoms with Crippen LogP contribution in [-0.2, 0) is 6.54 Å². The number of aromatic nitrogens is 2. The fourth-order valence-electron chi connectivity index (χ4n) is 1.98. The van der Waals surface area contributed by atoms with E-state index in [-0.39, 0.29) is 0 Å². The molecular weight excluding hydrogens is 254 g/mol. The number of para-hydroxylation sites is 2. The van der Waals surface area contributed by atoms with Gasteiger partial charge in [0.05, 0.1) is 22.9 Å². The van der Waals surface area contributed by atoms with Crippen molar-refractivity contribution in [3.05, 3.63) is 58.5 Å². The highest BCUT2D eigenvalue weighted by Crippen LogP contribution is 2.18. The molecule has 0 unspecified atom stereocenters. The highest BCUT2D eigenvalue weighted by Gasteiger charge is 2.06. The third-order valence-corrected chi connectivity index (χ3v) is 4.11. The second-order valence-corrected chi connectivity index (χ2v) is 5.45. The molecule has 3 aromatic rings. The van der Waals surface area contributed by atoms with Crippen LogP contribution in [0.5, 0.6) is 0 Å². The molecule has 2 aromatic heterocycles. The van der Waals surface area contributed by atoms with Gasteiger partial charge in [-0.2, -0.15) is 0 Å². The minimum absolute atomic E-state index is 0.341. The zero-order valence-electron chi connectivity index (χ0n) is 10.7. The number of thiophene rings is 1. The summed E-state index contributed by atoms with van der Waals surface area (Å²) in [5.41, 5.74) is 2.87. The summed E-state index contributed by atoms with van der Waals surface area (Å²) < 4.78 is 0. The second-order valence-electron chi connectivity index (χ2n) is 4.47. The fourth-order valence-corrected chi connectivity index (χ4v) is 2.74. The lowest BCUT2D eigenvalue weighted by Gasteiger charge is -2.11. The molecule has 4 heteroatoms. The Morgan fingerprint density at radius 1 is 1.16 bits per heavy atom. The fraction of sp³-hybridized carbons (Fsp3) is 0.200. The largest absolute Gasteiger partial charge is 0.304 e. The van der Waals surface area contributed by atoms with E-state index in [0.29, 0.717) is 6.04 Å². The Balaban J connectivity index is 1.71. The number of fused-ring (bicyclic) bond motifs is 1. The van der Waals surface area contributed by atoms with E-state index in [4.69, 9.17) is 0 Å². The molecule has 0 radical (unpaired) electrons. The molecule has 1 aromatic carbocycles. The first kappa shape index (κ1) is 12.3. The Morgan fingerprint density at radius 3 is 2.79 bits per heavy atom. The second kappa shape index (κ2) is 5.47. The van der Waals surface area contributed by atoms with E-state index in [0.717, 1.165) is 23.3 Å². The van der Waals surface area contributed by atoms with Crippen molar-refractivity contribution in [3.8, 4) is 0 Å². The van der Waals surface area contributed by atoms with Gasteiger partial charge in [-0.05, 0) is 30.5 Å². The highest BCUT2D eigenvalue weighted by atomic mass is 32.1. The molecule has 0 saturated heterocycles. The van der Waals surface area contributed by atoms with Gasteiger partial charge >= 0.3 is 0 Å². The average molecular weight is 269 g/mol. The van der Waals surface area contributed by atoms with Crippen LogP contribution in [-0.4, -0.2) is 9.97 Å². The topological polar surface area (TPSA) is 37.8 Å². The monoisotopic (exact) mass is 269 g/mol. The maximum Gasteiger partial charge on any atom is 0.0890 e. The van der Waals surface area contributed by atoms with Gasteiger partial charge in [-0.25, -0.2) is 4.98 Å². The number of hydrogen-bond acceptors (Lipinski definition) is 4. The van der Waals surface area contributed by atoms with Gasteiger partial charge in [-0.1, -0.05) is 18.2 Å². The molecule has 19 heavy (non-hydrogen) atoms. The van der Waals surface area contributed by atoms with E-state index in [1.54, 1.807) is 11.3 Å². The molecule has 96 valence electrons. The van der Waals surface area contributed by atoms with Crippen molar-refractivity contribution in [1.29, 1.82) is 0 Å². The Morgan fingerprint density at radius 2 is 2.00 bits per heavy atom. The van der Waals surface area contributed by atoms with Crippen molar-refractivity contribution < 1.29 is 0 Å². The lowest BCUT2D eigenvalue weighted by atomic mass is 10.2. The molecule has 2 heterocycles. The predicted octanol–water partition coefficient (Wildman–Crippen LogP) is 3.54. The lowest BCUT2D eigenvalue weighted by Crippen LogP contribution is -2.18. The van der Waals surface area contributed by atoms with Crippen molar-refractivity contribution in [1.82, 2.24) is 15.3 Å². The van der Waals surface area contributed by atoms with Gasteiger partial charge in [-0.3, -0.25) is 4.98 Å². The van der Waals surface area contributed by atoms with Crippen LogP contribution in [0, 0.1) is 0 Å². The predicted molar refractivity (Wildman–Crippen MR) is 79.1 cm³/mol. The molecule has 0 saturated carbocycles. The van der Waals surface area contributed by atoms with Crippen molar-refractivity contribution in [2.45, 2.75) is 19.5 Å². The van der Waals surface area contributed by atoms with Crippen LogP contribution in [0.4, 0.5) is 0 Å². The molecule has 0 bridgehead atoms. The molecule has 0 aliphatic heterocycles. The summed E-state index contributed by atoms with van der Waals surface area (Å²) in [4.78, 5) is 10.4. The van der Waals surface area contributed by atoms with Crippen molar-refractivity contribution in [2.24, 2.45) is 0 Å². The zero-order chi connectivity index (χ0) is 13.1. The summed E-state index contributed by atoms with van der Waals surface area (Å²) in [6.45, 7) is 2.90. The molecule has 0 aliphatic carbocycles. The SMILES string of the molecule is C[C@@H](NCc1cnc2ccccc2n1)c1cccs1. The minimum atomic E-state index is 0.341. The Bertz CT molecular complexity index is 664. The van der Waals surface area contributed by atoms with Gasteiger partial charge in [0.1, 0.15) is 0 Å². The summed E-state index contributed by atoms with van der Waals surface area (Å²) in [6, 6.07) is 12.5. The van der Waals surface area contributed by atoms with Crippen LogP contribution in [0.3, 0.4) is 0 Å². The average Bonchev–Trinajstić information content (AvgIpc) is 2.99. The van der Waals surface area contributed by atoms with Crippen LogP contribution in [0.15, 0.2) is 48.0 Å². The number of hydrogen-bond donors (Lipinski definition) is 1. The van der Waals surface area contributed by atoms with Crippen LogP contribution in [0.1, 0.15) is 23.5 Å². The van der Waals surface area contributed by atoms with Gasteiger partial charge in [-0.15, -0.1) is 11.3 Å². The van der Waals surface area contributed by atoms with Crippen molar-refractivity contribution in [2.75, 3.05) is 0 Å². The van der Waals surface area contributed by atoms with Gasteiger partial charge in [0.25, 0.3) is 0 Å². The van der Waals surface area contributed by atoms with Crippen molar-refractivity contribution in [3.63, 3.8) is 0 Å². The summed E-state index contributed by atoms with van der Waals surface area (Å²) in [5.74, 6) is 0. The van der Waals surface area contributed by atoms with Crippen molar-refractivity contribution >= 4 is 22.4 Å². The Kier molecular flexibility index (Phi) is 3.53. The number of nitrogens with one attached hydrogen (secondary N) is 1. The number of nitrogens with zero attached hydrogens (tertiary/aromatic N) is 2. The molecule has 3 rings (SSSR count). The number of rotatable bonds is 4. The van der Waals surface area contributed by atoms with Crippen LogP contribution in [0.2, 0.25) is 0 Å². The molecule has 1 atom stereocenters. The first-order valence-corrected chi connectivity index (χ1v) is 7.18. The molecule has 0 fully saturated rings. The first-order chi connectivity index (χ1) is 9.33. The van der Waals surface area contributed by atoms with E-state index >= 15 is 0 Å². The smallest absolute Gasteiger partial charge is 0.0890 e. The lowest BCUT2D eigenvalue weighted by molar-refractivity contribution is 0.575. The van der Waals surface area contributed by atoms with Crippen LogP contribution >= 0.6 is 11.3 Å². The molecule has 3 nitrogen and oxygen atoms in total. The summed E-state index contributed by atoms with van der Waals surface area (Å²) in [5, 5.41) is 5.57. The summed E-state index contributed by atoms with van der Waals surface area (Å²) >= 11 is 1.77. The normalized spacial score (nSPS) is 12.7. The molecule has 0 amide bonds. The molecule has 0 spiro atoms.